The summed E-state index contributed by atoms with van der Waals surface area (Å²) in [6.45, 7) is 3.94. The molecule has 1 unspecified atom stereocenters. The van der Waals surface area contributed by atoms with Crippen molar-refractivity contribution in [1.82, 2.24) is 14.8 Å². The third kappa shape index (κ3) is 6.22. The van der Waals surface area contributed by atoms with Gasteiger partial charge in [-0.3, -0.25) is 19.4 Å². The highest BCUT2D eigenvalue weighted by Crippen LogP contribution is 2.38. The number of carboxylic acid groups (broad SMARTS) is 1. The smallest absolute Gasteiger partial charge is 0.409 e. The molecule has 0 radical (unpaired) electrons. The second-order valence-corrected chi connectivity index (χ2v) is 9.82. The molecule has 3 amide bonds. The highest BCUT2D eigenvalue weighted by Gasteiger charge is 2.36. The fourth-order valence-corrected chi connectivity index (χ4v) is 5.32. The Bertz CT molecular complexity index is 1240. The Morgan fingerprint density at radius 2 is 1.69 bits per heavy atom. The average molecular weight is 542 g/mol. The van der Waals surface area contributed by atoms with Gasteiger partial charge in [-0.25, -0.2) is 4.79 Å². The minimum absolute atomic E-state index is 0.0734. The number of primary amides is 1. The van der Waals surface area contributed by atoms with Crippen molar-refractivity contribution in [1.29, 1.82) is 0 Å². The van der Waals surface area contributed by atoms with Gasteiger partial charge in [-0.15, -0.1) is 0 Å². The maximum absolute atomic E-state index is 13.9. The van der Waals surface area contributed by atoms with E-state index in [-0.39, 0.29) is 62.8 Å². The number of benzene rings is 1. The lowest BCUT2D eigenvalue weighted by Crippen LogP contribution is -2.52. The SMILES string of the molecule is CCOC(=O)N1CCN(C(=O)C(CCC(=O)O)c2nc3ccccc3c(N3CCC(O)CC3)c2C(N)=O)CC1. The van der Waals surface area contributed by atoms with Gasteiger partial charge in [-0.2, -0.15) is 0 Å². The van der Waals surface area contributed by atoms with E-state index in [0.717, 1.165) is 0 Å². The number of hydrogen-bond donors (Lipinski definition) is 3. The van der Waals surface area contributed by atoms with Crippen molar-refractivity contribution in [2.45, 2.75) is 44.6 Å². The number of aliphatic hydroxyl groups is 1. The molecule has 39 heavy (non-hydrogen) atoms. The molecule has 2 fully saturated rings. The van der Waals surface area contributed by atoms with Gasteiger partial charge in [-0.05, 0) is 32.3 Å². The van der Waals surface area contributed by atoms with Gasteiger partial charge in [0.1, 0.15) is 0 Å². The summed E-state index contributed by atoms with van der Waals surface area (Å²) in [7, 11) is 0. The van der Waals surface area contributed by atoms with Crippen LogP contribution in [0.15, 0.2) is 24.3 Å². The molecule has 2 saturated heterocycles. The Morgan fingerprint density at radius 3 is 2.31 bits per heavy atom. The summed E-state index contributed by atoms with van der Waals surface area (Å²) in [6.07, 6.45) is -0.251. The van der Waals surface area contributed by atoms with E-state index >= 15 is 0 Å². The normalized spacial score (nSPS) is 17.2. The highest BCUT2D eigenvalue weighted by molar-refractivity contribution is 6.09. The number of pyridine rings is 1. The average Bonchev–Trinajstić information content (AvgIpc) is 2.92. The van der Waals surface area contributed by atoms with Crippen molar-refractivity contribution in [2.24, 2.45) is 5.73 Å². The van der Waals surface area contributed by atoms with E-state index in [2.05, 4.69) is 0 Å². The summed E-state index contributed by atoms with van der Waals surface area (Å²) in [4.78, 5) is 60.4. The number of ether oxygens (including phenoxy) is 1. The van der Waals surface area contributed by atoms with Gasteiger partial charge in [0.05, 0.1) is 41.1 Å². The molecule has 1 aromatic carbocycles. The standard InChI is InChI=1S/C27H35N5O7/c1-2-39-27(38)32-15-13-31(14-16-32)26(37)19(7-8-21(34)35)23-22(25(28)36)24(30-11-9-17(33)10-12-30)18-5-3-4-6-20(18)29-23/h3-6,17,19,33H,2,7-16H2,1H3,(H2,28,36)(H,34,35). The number of para-hydroxylation sites is 1. The van der Waals surface area contributed by atoms with Crippen LogP contribution in [0.1, 0.15) is 54.6 Å². The van der Waals surface area contributed by atoms with Crippen LogP contribution >= 0.6 is 0 Å². The fourth-order valence-electron chi connectivity index (χ4n) is 5.32. The molecule has 0 saturated carbocycles. The van der Waals surface area contributed by atoms with E-state index < -0.39 is 30.0 Å². The van der Waals surface area contributed by atoms with Crippen LogP contribution in [0, 0.1) is 0 Å². The molecule has 1 atom stereocenters. The Balaban J connectivity index is 1.76. The Morgan fingerprint density at radius 1 is 1.05 bits per heavy atom. The second-order valence-electron chi connectivity index (χ2n) is 9.82. The number of nitrogens with two attached hydrogens (primary N) is 1. The molecular formula is C27H35N5O7. The summed E-state index contributed by atoms with van der Waals surface area (Å²) in [5, 5.41) is 20.2. The number of hydrogen-bond acceptors (Lipinski definition) is 8. The van der Waals surface area contributed by atoms with Gasteiger partial charge in [0.25, 0.3) is 5.91 Å². The van der Waals surface area contributed by atoms with Crippen LogP contribution in [-0.2, 0) is 14.3 Å². The molecule has 12 nitrogen and oxygen atoms in total. The molecule has 2 aliphatic heterocycles. The number of nitrogens with zero attached hydrogens (tertiary/aromatic N) is 4. The number of carbonyl (C=O) groups excluding carboxylic acids is 3. The second kappa shape index (κ2) is 12.3. The van der Waals surface area contributed by atoms with Gasteiger partial charge < -0.3 is 35.4 Å². The largest absolute Gasteiger partial charge is 0.481 e. The third-order valence-corrected chi connectivity index (χ3v) is 7.31. The lowest BCUT2D eigenvalue weighted by atomic mass is 9.90. The Kier molecular flexibility index (Phi) is 8.85. The first-order valence-corrected chi connectivity index (χ1v) is 13.3. The molecule has 3 heterocycles. The van der Waals surface area contributed by atoms with Crippen LogP contribution in [0.25, 0.3) is 10.9 Å². The van der Waals surface area contributed by atoms with Crippen LogP contribution in [0.2, 0.25) is 0 Å². The topological polar surface area (TPSA) is 167 Å². The van der Waals surface area contributed by atoms with Crippen molar-refractivity contribution in [3.63, 3.8) is 0 Å². The van der Waals surface area contributed by atoms with Crippen molar-refractivity contribution in [3.05, 3.63) is 35.5 Å². The van der Waals surface area contributed by atoms with E-state index in [1.165, 1.54) is 4.90 Å². The molecule has 0 aliphatic carbocycles. The van der Waals surface area contributed by atoms with Crippen molar-refractivity contribution in [2.75, 3.05) is 50.8 Å². The molecule has 2 aromatic rings. The maximum atomic E-state index is 13.9. The fraction of sp³-hybridized carbons (Fsp3) is 0.519. The van der Waals surface area contributed by atoms with Crippen LogP contribution < -0.4 is 10.6 Å². The first-order chi connectivity index (χ1) is 18.7. The summed E-state index contributed by atoms with van der Waals surface area (Å²) < 4.78 is 5.06. The maximum Gasteiger partial charge on any atom is 0.409 e. The summed E-state index contributed by atoms with van der Waals surface area (Å²) in [6, 6.07) is 7.24. The van der Waals surface area contributed by atoms with Crippen molar-refractivity contribution >= 4 is 40.5 Å². The lowest BCUT2D eigenvalue weighted by Gasteiger charge is -2.37. The minimum atomic E-state index is -1.08. The number of aliphatic hydroxyl groups excluding tert-OH is 1. The summed E-state index contributed by atoms with van der Waals surface area (Å²) >= 11 is 0. The monoisotopic (exact) mass is 541 g/mol. The van der Waals surface area contributed by atoms with E-state index in [1.54, 1.807) is 24.0 Å². The van der Waals surface area contributed by atoms with E-state index in [9.17, 15) is 29.4 Å². The zero-order valence-corrected chi connectivity index (χ0v) is 22.0. The van der Waals surface area contributed by atoms with Gasteiger partial charge in [0, 0.05) is 51.1 Å². The van der Waals surface area contributed by atoms with E-state index in [4.69, 9.17) is 15.5 Å². The van der Waals surface area contributed by atoms with Crippen molar-refractivity contribution in [3.8, 4) is 0 Å². The minimum Gasteiger partial charge on any atom is -0.481 e. The van der Waals surface area contributed by atoms with Gasteiger partial charge in [0.15, 0.2) is 0 Å². The van der Waals surface area contributed by atoms with Gasteiger partial charge in [-0.1, -0.05) is 18.2 Å². The molecule has 4 rings (SSSR count). The van der Waals surface area contributed by atoms with Gasteiger partial charge in [0.2, 0.25) is 5.91 Å². The molecule has 210 valence electrons. The molecule has 0 bridgehead atoms. The predicted molar refractivity (Wildman–Crippen MR) is 143 cm³/mol. The van der Waals surface area contributed by atoms with Gasteiger partial charge >= 0.3 is 12.1 Å². The quantitative estimate of drug-likeness (QED) is 0.449. The van der Waals surface area contributed by atoms with Crippen LogP contribution in [-0.4, -0.2) is 101 Å². The highest BCUT2D eigenvalue weighted by atomic mass is 16.6. The molecule has 1 aromatic heterocycles. The molecule has 12 heteroatoms. The number of carbonyl (C=O) groups is 4. The van der Waals surface area contributed by atoms with E-state index in [0.29, 0.717) is 42.5 Å². The molecule has 4 N–H and O–H groups in total. The number of aromatic nitrogens is 1. The summed E-state index contributed by atoms with van der Waals surface area (Å²) in [5.41, 5.74) is 7.29. The third-order valence-electron chi connectivity index (χ3n) is 7.31. The van der Waals surface area contributed by atoms with Crippen LogP contribution in [0.4, 0.5) is 10.5 Å². The Labute approximate surface area is 226 Å². The lowest BCUT2D eigenvalue weighted by molar-refractivity contribution is -0.138. The number of rotatable bonds is 8. The van der Waals surface area contributed by atoms with Crippen LogP contribution in [0.3, 0.4) is 0 Å². The molecule has 2 aliphatic rings. The number of anilines is 1. The van der Waals surface area contributed by atoms with Crippen LogP contribution in [0.5, 0.6) is 0 Å². The summed E-state index contributed by atoms with van der Waals surface area (Å²) in [5.74, 6) is -3.24. The number of carboxylic acids is 1. The van der Waals surface area contributed by atoms with Crippen molar-refractivity contribution < 1.29 is 34.1 Å². The number of fused-ring (bicyclic) bond motifs is 1. The first-order valence-electron chi connectivity index (χ1n) is 13.3. The number of piperidine rings is 1. The predicted octanol–water partition coefficient (Wildman–Crippen LogP) is 1.54. The molecule has 0 spiro atoms. The molecular weight excluding hydrogens is 506 g/mol. The zero-order chi connectivity index (χ0) is 28.1. The number of aliphatic carboxylic acids is 1. The number of amides is 3. The first kappa shape index (κ1) is 28.1. The Hall–Kier alpha value is -3.93. The van der Waals surface area contributed by atoms with E-state index in [1.807, 2.05) is 17.0 Å². The number of piperazine rings is 1. The zero-order valence-electron chi connectivity index (χ0n) is 22.0.